The summed E-state index contributed by atoms with van der Waals surface area (Å²) < 4.78 is 0. The first-order valence-electron chi connectivity index (χ1n) is 5.85. The lowest BCUT2D eigenvalue weighted by molar-refractivity contribution is -0.138. The number of hydrogen-bond acceptors (Lipinski definition) is 7. The van der Waals surface area contributed by atoms with Gasteiger partial charge >= 0.3 is 5.97 Å². The number of carboxylic acid groups (broad SMARTS) is 1. The minimum absolute atomic E-state index is 0.00755. The molecule has 2 atom stereocenters. The molecule has 0 aliphatic heterocycles. The van der Waals surface area contributed by atoms with Crippen molar-refractivity contribution < 1.29 is 24.3 Å². The van der Waals surface area contributed by atoms with Gasteiger partial charge in [-0.3, -0.25) is 19.2 Å². The highest BCUT2D eigenvalue weighted by Crippen LogP contribution is 1.92. The third-order valence-electron chi connectivity index (χ3n) is 2.21. The second kappa shape index (κ2) is 10.3. The molecule has 0 aromatic rings. The van der Waals surface area contributed by atoms with Gasteiger partial charge in [-0.05, 0) is 0 Å². The third kappa shape index (κ3) is 8.42. The maximum Gasteiger partial charge on any atom is 0.322 e. The molecule has 11 heteroatoms. The molecule has 120 valence electrons. The van der Waals surface area contributed by atoms with Crippen LogP contribution < -0.4 is 21.7 Å². The molecule has 0 aromatic heterocycles. The maximum absolute atomic E-state index is 11.7. The fourth-order valence-electron chi connectivity index (χ4n) is 1.08. The number of amides is 3. The molecular weight excluding hydrogens is 320 g/mol. The largest absolute Gasteiger partial charge is 0.480 e. The first-order valence-corrected chi connectivity index (χ1v) is 7.12. The minimum Gasteiger partial charge on any atom is -0.480 e. The van der Waals surface area contributed by atoms with E-state index >= 15 is 0 Å². The zero-order chi connectivity index (χ0) is 16.4. The number of aliphatic carboxylic acids is 1. The van der Waals surface area contributed by atoms with E-state index < -0.39 is 48.9 Å². The van der Waals surface area contributed by atoms with E-state index in [1.165, 1.54) is 0 Å². The van der Waals surface area contributed by atoms with Crippen LogP contribution in [0, 0.1) is 0 Å². The number of rotatable bonds is 9. The Morgan fingerprint density at radius 2 is 1.62 bits per heavy atom. The summed E-state index contributed by atoms with van der Waals surface area (Å²) in [7, 11) is 0. The van der Waals surface area contributed by atoms with Crippen LogP contribution in [-0.4, -0.2) is 65.5 Å². The van der Waals surface area contributed by atoms with Gasteiger partial charge in [0.15, 0.2) is 0 Å². The van der Waals surface area contributed by atoms with Gasteiger partial charge in [-0.2, -0.15) is 25.3 Å². The van der Waals surface area contributed by atoms with Crippen LogP contribution in [0.15, 0.2) is 0 Å². The van der Waals surface area contributed by atoms with Gasteiger partial charge < -0.3 is 26.8 Å². The Morgan fingerprint density at radius 1 is 1.00 bits per heavy atom. The van der Waals surface area contributed by atoms with E-state index in [9.17, 15) is 19.2 Å². The lowest BCUT2D eigenvalue weighted by Crippen LogP contribution is -2.54. The van der Waals surface area contributed by atoms with Crippen molar-refractivity contribution in [2.24, 2.45) is 5.73 Å². The molecule has 0 aliphatic rings. The maximum atomic E-state index is 11.7. The monoisotopic (exact) mass is 338 g/mol. The lowest BCUT2D eigenvalue weighted by Gasteiger charge is -2.18. The first kappa shape index (κ1) is 19.5. The smallest absolute Gasteiger partial charge is 0.322 e. The van der Waals surface area contributed by atoms with E-state index in [2.05, 4.69) is 41.2 Å². The summed E-state index contributed by atoms with van der Waals surface area (Å²) in [6, 6.07) is -1.82. The highest BCUT2D eigenvalue weighted by molar-refractivity contribution is 7.80. The fourth-order valence-corrected chi connectivity index (χ4v) is 1.51. The number of carbonyl (C=O) groups excluding carboxylic acids is 3. The molecular formula is C10H18N4O5S2. The highest BCUT2D eigenvalue weighted by atomic mass is 32.1. The van der Waals surface area contributed by atoms with Crippen LogP contribution in [-0.2, 0) is 19.2 Å². The van der Waals surface area contributed by atoms with Crippen LogP contribution in [0.4, 0.5) is 0 Å². The summed E-state index contributed by atoms with van der Waals surface area (Å²) in [6.45, 7) is -0.955. The van der Waals surface area contributed by atoms with Gasteiger partial charge in [-0.25, -0.2) is 0 Å². The number of carboxylic acids is 1. The third-order valence-corrected chi connectivity index (χ3v) is 2.97. The van der Waals surface area contributed by atoms with Gasteiger partial charge in [0.25, 0.3) is 0 Å². The number of carbonyl (C=O) groups is 4. The fraction of sp³-hybridized carbons (Fsp3) is 0.600. The molecule has 6 N–H and O–H groups in total. The standard InChI is InChI=1S/C10H18N4O5S2/c11-5(3-20)9(18)14-6(4-21)10(19)13-1-7(15)12-2-8(16)17/h5-6,20-21H,1-4,11H2,(H,12,15)(H,13,19)(H,14,18)(H,16,17). The van der Waals surface area contributed by atoms with Crippen LogP contribution in [0.1, 0.15) is 0 Å². The normalized spacial score (nSPS) is 12.9. The topological polar surface area (TPSA) is 151 Å². The van der Waals surface area contributed by atoms with Gasteiger partial charge in [0.05, 0.1) is 12.6 Å². The number of nitrogens with one attached hydrogen (secondary N) is 3. The summed E-state index contributed by atoms with van der Waals surface area (Å²) in [5, 5.41) is 15.1. The molecule has 0 spiro atoms. The molecule has 3 amide bonds. The quantitative estimate of drug-likeness (QED) is 0.222. The lowest BCUT2D eigenvalue weighted by atomic mass is 10.2. The van der Waals surface area contributed by atoms with Crippen molar-refractivity contribution in [2.45, 2.75) is 12.1 Å². The second-order valence-corrected chi connectivity index (χ2v) is 4.65. The van der Waals surface area contributed by atoms with E-state index in [0.717, 1.165) is 0 Å². The molecule has 0 saturated carbocycles. The van der Waals surface area contributed by atoms with E-state index in [-0.39, 0.29) is 11.5 Å². The van der Waals surface area contributed by atoms with Crippen molar-refractivity contribution >= 4 is 48.9 Å². The Bertz CT molecular complexity index is 407. The Hall–Kier alpha value is -1.46. The van der Waals surface area contributed by atoms with E-state index in [0.29, 0.717) is 0 Å². The Morgan fingerprint density at radius 3 is 2.10 bits per heavy atom. The molecule has 0 radical (unpaired) electrons. The summed E-state index contributed by atoms with van der Waals surface area (Å²) in [6.07, 6.45) is 0. The molecule has 0 aromatic carbocycles. The van der Waals surface area contributed by atoms with E-state index in [1.54, 1.807) is 0 Å². The summed E-state index contributed by atoms with van der Waals surface area (Å²) >= 11 is 7.79. The minimum atomic E-state index is -1.20. The first-order chi connectivity index (χ1) is 9.81. The summed E-state index contributed by atoms with van der Waals surface area (Å²) in [5.41, 5.74) is 5.44. The zero-order valence-electron chi connectivity index (χ0n) is 11.0. The Labute approximate surface area is 132 Å². The average Bonchev–Trinajstić information content (AvgIpc) is 2.46. The molecule has 2 unspecified atom stereocenters. The van der Waals surface area contributed by atoms with Crippen LogP contribution in [0.3, 0.4) is 0 Å². The number of nitrogens with two attached hydrogens (primary N) is 1. The van der Waals surface area contributed by atoms with Crippen molar-refractivity contribution in [3.63, 3.8) is 0 Å². The number of thiol groups is 2. The molecule has 0 aliphatic carbocycles. The molecule has 0 rings (SSSR count). The summed E-state index contributed by atoms with van der Waals surface area (Å²) in [4.78, 5) is 44.7. The van der Waals surface area contributed by atoms with Gasteiger partial charge in [-0.1, -0.05) is 0 Å². The molecule has 9 nitrogen and oxygen atoms in total. The van der Waals surface area contributed by atoms with Gasteiger partial charge in [0.2, 0.25) is 17.7 Å². The number of hydrogen-bond donors (Lipinski definition) is 7. The van der Waals surface area contributed by atoms with Crippen molar-refractivity contribution in [2.75, 3.05) is 24.6 Å². The van der Waals surface area contributed by atoms with Crippen LogP contribution in [0.2, 0.25) is 0 Å². The van der Waals surface area contributed by atoms with E-state index in [4.69, 9.17) is 10.8 Å². The Balaban J connectivity index is 4.25. The van der Waals surface area contributed by atoms with Crippen molar-refractivity contribution in [1.29, 1.82) is 0 Å². The second-order valence-electron chi connectivity index (χ2n) is 3.92. The Kier molecular flexibility index (Phi) is 9.58. The van der Waals surface area contributed by atoms with Crippen LogP contribution >= 0.6 is 25.3 Å². The van der Waals surface area contributed by atoms with Gasteiger partial charge in [0.1, 0.15) is 12.6 Å². The molecule has 0 saturated heterocycles. The molecule has 0 heterocycles. The van der Waals surface area contributed by atoms with Crippen molar-refractivity contribution in [3.8, 4) is 0 Å². The van der Waals surface area contributed by atoms with Crippen molar-refractivity contribution in [1.82, 2.24) is 16.0 Å². The van der Waals surface area contributed by atoms with E-state index in [1.807, 2.05) is 0 Å². The average molecular weight is 338 g/mol. The predicted molar refractivity (Wildman–Crippen MR) is 81.3 cm³/mol. The predicted octanol–water partition coefficient (Wildman–Crippen LogP) is -3.02. The molecule has 21 heavy (non-hydrogen) atoms. The molecule has 0 bridgehead atoms. The van der Waals surface area contributed by atoms with Crippen LogP contribution in [0.25, 0.3) is 0 Å². The van der Waals surface area contributed by atoms with Crippen molar-refractivity contribution in [3.05, 3.63) is 0 Å². The zero-order valence-corrected chi connectivity index (χ0v) is 12.8. The molecule has 0 fully saturated rings. The SMILES string of the molecule is NC(CS)C(=O)NC(CS)C(=O)NCC(=O)NCC(=O)O. The highest BCUT2D eigenvalue weighted by Gasteiger charge is 2.22. The summed E-state index contributed by atoms with van der Waals surface area (Å²) in [5.74, 6) is -2.93. The van der Waals surface area contributed by atoms with Crippen LogP contribution in [0.5, 0.6) is 0 Å². The van der Waals surface area contributed by atoms with Gasteiger partial charge in [-0.15, -0.1) is 0 Å². The van der Waals surface area contributed by atoms with Gasteiger partial charge in [0, 0.05) is 11.5 Å².